The van der Waals surface area contributed by atoms with Crippen molar-refractivity contribution >= 4 is 5.97 Å². The quantitative estimate of drug-likeness (QED) is 0.569. The summed E-state index contributed by atoms with van der Waals surface area (Å²) in [4.78, 5) is 11.9. The third-order valence-electron chi connectivity index (χ3n) is 10.6. The van der Waals surface area contributed by atoms with Gasteiger partial charge in [0.2, 0.25) is 0 Å². The van der Waals surface area contributed by atoms with Crippen molar-refractivity contribution in [3.63, 3.8) is 0 Å². The first-order valence-corrected chi connectivity index (χ1v) is 12.8. The number of hydrogen-bond acceptors (Lipinski definition) is 5. The van der Waals surface area contributed by atoms with E-state index in [1.54, 1.807) is 0 Å². The number of ether oxygens (including phenoxy) is 1. The second kappa shape index (κ2) is 8.61. The van der Waals surface area contributed by atoms with Crippen molar-refractivity contribution in [2.75, 3.05) is 6.61 Å². The van der Waals surface area contributed by atoms with Crippen molar-refractivity contribution in [2.24, 2.45) is 46.3 Å². The Labute approximate surface area is 187 Å². The fourth-order valence-electron chi connectivity index (χ4n) is 8.91. The van der Waals surface area contributed by atoms with Crippen LogP contribution in [0.15, 0.2) is 0 Å². The molecule has 178 valence electrons. The normalized spacial score (nSPS) is 50.2. The maximum absolute atomic E-state index is 11.9. The van der Waals surface area contributed by atoms with E-state index in [9.17, 15) is 20.1 Å². The van der Waals surface area contributed by atoms with Crippen LogP contribution in [0.4, 0.5) is 0 Å². The SMILES string of the molecule is CCOC(=O)CC[C@H](C)[C@@H]1CC[C@@H]2[C@H]3[C@H](O)C[C@@H]4C[C@H](O)CC[C@@]4(C)[C@H]3C[C@H](O)[C@@]21C. The summed E-state index contributed by atoms with van der Waals surface area (Å²) in [6, 6.07) is 0. The number of aliphatic hydroxyl groups excluding tert-OH is 3. The van der Waals surface area contributed by atoms with E-state index in [4.69, 9.17) is 4.74 Å². The predicted octanol–water partition coefficient (Wildman–Crippen LogP) is 3.93. The van der Waals surface area contributed by atoms with Gasteiger partial charge in [-0.15, -0.1) is 0 Å². The van der Waals surface area contributed by atoms with Crippen molar-refractivity contribution in [3.8, 4) is 0 Å². The molecular weight excluding hydrogens is 392 g/mol. The molecule has 0 radical (unpaired) electrons. The molecule has 11 atom stereocenters. The molecule has 0 heterocycles. The fraction of sp³-hybridized carbons (Fsp3) is 0.962. The third kappa shape index (κ3) is 3.77. The Balaban J connectivity index is 1.54. The standard InChI is InChI=1S/C26H44O5/c1-5-31-23(30)9-6-15(2)18-7-8-19-24-20(14-22(29)26(18,19)4)25(3)11-10-17(27)12-16(25)13-21(24)28/h15-22,24,27-29H,5-14H2,1-4H3/t15-,16-,17+,18-,19+,20-,21+,22-,24+,25+,26+/m0/s1. The lowest BCUT2D eigenvalue weighted by Gasteiger charge is -2.63. The van der Waals surface area contributed by atoms with Gasteiger partial charge in [0.25, 0.3) is 0 Å². The van der Waals surface area contributed by atoms with Crippen molar-refractivity contribution < 1.29 is 24.9 Å². The number of carbonyl (C=O) groups excluding carboxylic acids is 1. The molecule has 0 amide bonds. The van der Waals surface area contributed by atoms with Crippen LogP contribution in [0.1, 0.15) is 85.5 Å². The van der Waals surface area contributed by atoms with Crippen LogP contribution in [-0.2, 0) is 9.53 Å². The van der Waals surface area contributed by atoms with Crippen molar-refractivity contribution in [2.45, 2.75) is 104 Å². The average Bonchev–Trinajstić information content (AvgIpc) is 3.07. The second-order valence-electron chi connectivity index (χ2n) is 11.8. The highest BCUT2D eigenvalue weighted by molar-refractivity contribution is 5.69. The molecule has 5 nitrogen and oxygen atoms in total. The van der Waals surface area contributed by atoms with Gasteiger partial charge in [0.1, 0.15) is 0 Å². The van der Waals surface area contributed by atoms with Gasteiger partial charge in [0.15, 0.2) is 0 Å². The van der Waals surface area contributed by atoms with E-state index in [0.717, 1.165) is 51.4 Å². The maximum atomic E-state index is 11.9. The van der Waals surface area contributed by atoms with Gasteiger partial charge in [0.05, 0.1) is 24.9 Å². The Kier molecular flexibility index (Phi) is 6.53. The van der Waals surface area contributed by atoms with Crippen molar-refractivity contribution in [1.29, 1.82) is 0 Å². The summed E-state index contributed by atoms with van der Waals surface area (Å²) >= 11 is 0. The molecule has 0 aliphatic heterocycles. The zero-order chi connectivity index (χ0) is 22.6. The van der Waals surface area contributed by atoms with E-state index in [-0.39, 0.29) is 41.0 Å². The number of esters is 1. The lowest BCUT2D eigenvalue weighted by atomic mass is 9.43. The molecule has 4 aliphatic rings. The molecule has 5 heteroatoms. The maximum Gasteiger partial charge on any atom is 0.305 e. The van der Waals surface area contributed by atoms with Crippen LogP contribution in [0.25, 0.3) is 0 Å². The van der Waals surface area contributed by atoms with E-state index in [2.05, 4.69) is 20.8 Å². The largest absolute Gasteiger partial charge is 0.466 e. The Bertz CT molecular complexity index is 666. The lowest BCUT2D eigenvalue weighted by Crippen LogP contribution is -2.62. The van der Waals surface area contributed by atoms with Gasteiger partial charge >= 0.3 is 5.97 Å². The molecule has 0 aromatic rings. The Morgan fingerprint density at radius 3 is 2.52 bits per heavy atom. The number of aliphatic hydroxyl groups is 3. The van der Waals surface area contributed by atoms with Crippen LogP contribution in [-0.4, -0.2) is 46.2 Å². The first-order valence-electron chi connectivity index (χ1n) is 12.8. The fourth-order valence-corrected chi connectivity index (χ4v) is 8.91. The lowest BCUT2D eigenvalue weighted by molar-refractivity contribution is -0.207. The molecule has 4 saturated carbocycles. The third-order valence-corrected chi connectivity index (χ3v) is 10.6. The van der Waals surface area contributed by atoms with E-state index in [0.29, 0.717) is 42.6 Å². The summed E-state index contributed by atoms with van der Waals surface area (Å²) in [5, 5.41) is 33.1. The van der Waals surface area contributed by atoms with Crippen LogP contribution in [0.3, 0.4) is 0 Å². The predicted molar refractivity (Wildman–Crippen MR) is 119 cm³/mol. The molecule has 4 rings (SSSR count). The summed E-state index contributed by atoms with van der Waals surface area (Å²) in [7, 11) is 0. The van der Waals surface area contributed by atoms with Gasteiger partial charge in [-0.25, -0.2) is 0 Å². The highest BCUT2D eigenvalue weighted by Gasteiger charge is 2.65. The highest BCUT2D eigenvalue weighted by atomic mass is 16.5. The smallest absolute Gasteiger partial charge is 0.305 e. The Hall–Kier alpha value is -0.650. The highest BCUT2D eigenvalue weighted by Crippen LogP contribution is 2.68. The van der Waals surface area contributed by atoms with Gasteiger partial charge in [-0.05, 0) is 105 Å². The number of rotatable bonds is 5. The molecule has 31 heavy (non-hydrogen) atoms. The number of fused-ring (bicyclic) bond motifs is 5. The summed E-state index contributed by atoms with van der Waals surface area (Å²) in [5.41, 5.74) is -0.0906. The molecule has 0 spiro atoms. The first kappa shape index (κ1) is 23.5. The number of carbonyl (C=O) groups is 1. The topological polar surface area (TPSA) is 87.0 Å². The first-order chi connectivity index (χ1) is 14.6. The Morgan fingerprint density at radius 2 is 1.81 bits per heavy atom. The summed E-state index contributed by atoms with van der Waals surface area (Å²) < 4.78 is 5.12. The van der Waals surface area contributed by atoms with E-state index >= 15 is 0 Å². The van der Waals surface area contributed by atoms with Gasteiger partial charge in [-0.1, -0.05) is 20.8 Å². The summed E-state index contributed by atoms with van der Waals surface area (Å²) in [6.07, 6.45) is 6.62. The van der Waals surface area contributed by atoms with Crippen LogP contribution >= 0.6 is 0 Å². The van der Waals surface area contributed by atoms with Crippen LogP contribution in [0, 0.1) is 46.3 Å². The van der Waals surface area contributed by atoms with Crippen LogP contribution < -0.4 is 0 Å². The summed E-state index contributed by atoms with van der Waals surface area (Å²) in [5.74, 6) is 1.84. The molecule has 0 unspecified atom stereocenters. The van der Waals surface area contributed by atoms with Crippen LogP contribution in [0.2, 0.25) is 0 Å². The Morgan fingerprint density at radius 1 is 1.06 bits per heavy atom. The minimum atomic E-state index is -0.370. The molecule has 3 N–H and O–H groups in total. The summed E-state index contributed by atoms with van der Waals surface area (Å²) in [6.45, 7) is 9.13. The average molecular weight is 437 g/mol. The monoisotopic (exact) mass is 436 g/mol. The minimum Gasteiger partial charge on any atom is -0.466 e. The molecule has 4 fully saturated rings. The van der Waals surface area contributed by atoms with Crippen molar-refractivity contribution in [3.05, 3.63) is 0 Å². The van der Waals surface area contributed by atoms with E-state index in [1.807, 2.05) is 6.92 Å². The van der Waals surface area contributed by atoms with E-state index in [1.165, 1.54) is 0 Å². The van der Waals surface area contributed by atoms with Crippen LogP contribution in [0.5, 0.6) is 0 Å². The van der Waals surface area contributed by atoms with Gasteiger partial charge in [-0.2, -0.15) is 0 Å². The van der Waals surface area contributed by atoms with Crippen molar-refractivity contribution in [1.82, 2.24) is 0 Å². The zero-order valence-corrected chi connectivity index (χ0v) is 19.9. The molecular formula is C26H44O5. The minimum absolute atomic E-state index is 0.110. The zero-order valence-electron chi connectivity index (χ0n) is 19.9. The second-order valence-corrected chi connectivity index (χ2v) is 11.8. The van der Waals surface area contributed by atoms with Gasteiger partial charge in [0, 0.05) is 6.42 Å². The van der Waals surface area contributed by atoms with Gasteiger partial charge in [-0.3, -0.25) is 4.79 Å². The molecule has 0 saturated heterocycles. The molecule has 4 aliphatic carbocycles. The molecule has 0 bridgehead atoms. The van der Waals surface area contributed by atoms with Gasteiger partial charge < -0.3 is 20.1 Å². The van der Waals surface area contributed by atoms with E-state index < -0.39 is 0 Å². The number of hydrogen-bond donors (Lipinski definition) is 3. The molecule has 0 aromatic heterocycles. The molecule has 0 aromatic carbocycles.